The monoisotopic (exact) mass is 1780 g/mol. The number of carbonyl (C=O) groups is 6. The van der Waals surface area contributed by atoms with Crippen LogP contribution in [0.15, 0.2) is 247 Å². The van der Waals surface area contributed by atoms with Crippen molar-refractivity contribution in [2.45, 2.75) is 130 Å². The Morgan fingerprint density at radius 3 is 1.50 bits per heavy atom. The third-order valence-corrected chi connectivity index (χ3v) is 25.9. The molecule has 5 fully saturated rings. The molecule has 23 nitrogen and oxygen atoms in total. The van der Waals surface area contributed by atoms with Gasteiger partial charge in [0.05, 0.1) is 40.4 Å². The van der Waals surface area contributed by atoms with Crippen LogP contribution in [0.25, 0.3) is 43.8 Å². The molecule has 2 atom stereocenters. The minimum absolute atomic E-state index is 0. The number of aromatic carboxylic acids is 1. The summed E-state index contributed by atoms with van der Waals surface area (Å²) in [5.74, 6) is 1.66. The zero-order valence-electron chi connectivity index (χ0n) is 70.1. The number of nitrogens with two attached hydrogens (primary N) is 1. The van der Waals surface area contributed by atoms with Gasteiger partial charge < -0.3 is 75.5 Å². The molecular weight excluding hydrogens is 1680 g/mol. The molecule has 128 heavy (non-hydrogen) atoms. The Balaban J connectivity index is 0.000000178. The molecule has 0 radical (unpaired) electrons. The van der Waals surface area contributed by atoms with E-state index in [2.05, 4.69) is 72.9 Å². The topological polar surface area (TPSA) is 337 Å². The number of nitrogens with zero attached hydrogens (tertiary/aromatic N) is 1. The molecule has 8 aliphatic rings. The van der Waals surface area contributed by atoms with Crippen LogP contribution in [0.5, 0.6) is 34.5 Å². The van der Waals surface area contributed by atoms with E-state index in [0.29, 0.717) is 66.2 Å². The minimum Gasteiger partial charge on any atom is -0.768 e. The molecule has 2 aromatic heterocycles. The number of amides is 5. The van der Waals surface area contributed by atoms with E-state index in [1.54, 1.807) is 72.1 Å². The van der Waals surface area contributed by atoms with Crippen LogP contribution in [0.3, 0.4) is 0 Å². The summed E-state index contributed by atoms with van der Waals surface area (Å²) in [6, 6.07) is 68.9. The molecule has 4 aliphatic carbocycles. The highest BCUT2D eigenvalue weighted by molar-refractivity contribution is 7.79. The minimum atomic E-state index is -4.77. The first-order chi connectivity index (χ1) is 61.7. The number of halogens is 3. The van der Waals surface area contributed by atoms with Crippen molar-refractivity contribution in [1.29, 1.82) is 0 Å². The Kier molecular flexibility index (Phi) is 25.6. The van der Waals surface area contributed by atoms with Gasteiger partial charge in [-0.2, -0.15) is 0 Å². The maximum Gasteiger partial charge on any atom is 0.573 e. The number of benzene rings is 10. The van der Waals surface area contributed by atoms with E-state index >= 15 is 0 Å². The molecule has 4 saturated carbocycles. The SMILES string of the molecule is Cc1ccc(NC(=O)C2(c3ccc4c(c3)CCO4)CC2)cc1-c1cccc(C(=O)O)c1.Cc1ccc(NC(=O)C2(c3ccc4c(c3)OCO4)CC2)cc1-c1cccs1.Cc1ccc(NC(=O)C2(c3ccc4c(c3)OCO4)CC2)cc1-c1ccnc(C(N)=O)c1.O=C(Nc1cccc(-c2ccc(S(=O)[O-])cc2)c1)C1(c2ccc(OC(F)(F)F)cc2)CC1.OC[C@H]1CCCN1.[HH].[HH].[HH].[HH].[HH].[HH]. The third-order valence-electron chi connectivity index (χ3n) is 24.4. The van der Waals surface area contributed by atoms with Gasteiger partial charge in [0.25, 0.3) is 5.91 Å². The van der Waals surface area contributed by atoms with Gasteiger partial charge in [-0.3, -0.25) is 33.2 Å². The number of aliphatic hydroxyl groups is 1. The fourth-order valence-corrected chi connectivity index (χ4v) is 17.5. The molecule has 5 amide bonds. The smallest absolute Gasteiger partial charge is 0.573 e. The second-order valence-corrected chi connectivity index (χ2v) is 34.7. The molecule has 668 valence electrons. The van der Waals surface area contributed by atoms with Crippen molar-refractivity contribution >= 4 is 80.7 Å². The highest BCUT2D eigenvalue weighted by Crippen LogP contribution is 2.55. The van der Waals surface area contributed by atoms with E-state index in [1.165, 1.54) is 58.8 Å². The van der Waals surface area contributed by atoms with Gasteiger partial charge in [-0.25, -0.2) is 4.79 Å². The normalized spacial score (nSPS) is 16.5. The molecule has 12 aromatic rings. The third kappa shape index (κ3) is 19.8. The van der Waals surface area contributed by atoms with E-state index in [9.17, 15) is 55.8 Å². The number of anilines is 4. The van der Waals surface area contributed by atoms with Gasteiger partial charge in [0.1, 0.15) is 17.2 Å². The van der Waals surface area contributed by atoms with Crippen LogP contribution in [0.1, 0.15) is 138 Å². The van der Waals surface area contributed by atoms with E-state index < -0.39 is 51.0 Å². The Hall–Kier alpha value is -13.5. The Morgan fingerprint density at radius 2 is 1.02 bits per heavy atom. The zero-order valence-corrected chi connectivity index (χ0v) is 71.7. The summed E-state index contributed by atoms with van der Waals surface area (Å²) in [6.45, 7) is 8.58. The number of primary amides is 1. The summed E-state index contributed by atoms with van der Waals surface area (Å²) in [5.41, 5.74) is 20.5. The summed E-state index contributed by atoms with van der Waals surface area (Å²) >= 11 is -0.599. The van der Waals surface area contributed by atoms with E-state index in [-0.39, 0.29) is 67.7 Å². The second kappa shape index (κ2) is 37.2. The number of carboxylic acid groups (broad SMARTS) is 1. The number of ether oxygens (including phenoxy) is 6. The lowest BCUT2D eigenvalue weighted by atomic mass is 9.92. The Labute approximate surface area is 751 Å². The van der Waals surface area contributed by atoms with Crippen molar-refractivity contribution in [2.24, 2.45) is 5.73 Å². The van der Waals surface area contributed by atoms with Gasteiger partial charge in [0.2, 0.25) is 37.2 Å². The molecule has 0 spiro atoms. The van der Waals surface area contributed by atoms with Crippen LogP contribution in [0.4, 0.5) is 35.9 Å². The average Bonchev–Trinajstić information content (AvgIpc) is 1.60. The van der Waals surface area contributed by atoms with Crippen molar-refractivity contribution in [3.8, 4) is 78.3 Å². The lowest BCUT2D eigenvalue weighted by Gasteiger charge is -2.18. The summed E-state index contributed by atoms with van der Waals surface area (Å²) in [5, 5.41) is 35.2. The van der Waals surface area contributed by atoms with Gasteiger partial charge in [0, 0.05) is 59.7 Å². The van der Waals surface area contributed by atoms with Crippen molar-refractivity contribution in [2.75, 3.05) is 54.6 Å². The number of aromatic nitrogens is 1. The van der Waals surface area contributed by atoms with Crippen LogP contribution in [0, 0.1) is 20.8 Å². The summed E-state index contributed by atoms with van der Waals surface area (Å²) in [6.07, 6.45) is 6.15. The second-order valence-electron chi connectivity index (χ2n) is 32.8. The van der Waals surface area contributed by atoms with Crippen LogP contribution in [-0.4, -0.2) is 105 Å². The Bertz CT molecular complexity index is 6090. The zero-order chi connectivity index (χ0) is 89.7. The number of aryl methyl sites for hydroxylation is 3. The number of fused-ring (bicyclic) bond motifs is 3. The van der Waals surface area contributed by atoms with Gasteiger partial charge >= 0.3 is 12.3 Å². The van der Waals surface area contributed by atoms with Gasteiger partial charge in [0.15, 0.2) is 23.0 Å². The maximum absolute atomic E-state index is 13.3. The lowest BCUT2D eigenvalue weighted by Crippen LogP contribution is -2.27. The quantitative estimate of drug-likeness (QED) is 0.0310. The van der Waals surface area contributed by atoms with Crippen molar-refractivity contribution < 1.29 is 97.9 Å². The van der Waals surface area contributed by atoms with Crippen molar-refractivity contribution in [1.82, 2.24) is 10.3 Å². The first-order valence-corrected chi connectivity index (χ1v) is 43.9. The number of hydrogen-bond donors (Lipinski definition) is 8. The van der Waals surface area contributed by atoms with Crippen LogP contribution in [0.2, 0.25) is 0 Å². The number of carbonyl (C=O) groups excluding carboxylic acids is 5. The highest BCUT2D eigenvalue weighted by atomic mass is 32.2. The average molecular weight is 1780 g/mol. The molecule has 9 N–H and O–H groups in total. The van der Waals surface area contributed by atoms with Crippen molar-refractivity contribution in [3.05, 3.63) is 298 Å². The van der Waals surface area contributed by atoms with Crippen LogP contribution < -0.4 is 60.7 Å². The molecule has 6 heterocycles. The fourth-order valence-electron chi connectivity index (χ4n) is 16.4. The van der Waals surface area contributed by atoms with Gasteiger partial charge in [-0.15, -0.1) is 24.5 Å². The van der Waals surface area contributed by atoms with E-state index in [4.69, 9.17) is 34.5 Å². The molecule has 20 rings (SSSR count). The predicted molar refractivity (Wildman–Crippen MR) is 493 cm³/mol. The van der Waals surface area contributed by atoms with Crippen LogP contribution >= 0.6 is 11.3 Å². The summed E-state index contributed by atoms with van der Waals surface area (Å²) in [4.78, 5) is 80.8. The summed E-state index contributed by atoms with van der Waals surface area (Å²) in [7, 11) is 0. The van der Waals surface area contributed by atoms with Gasteiger partial charge in [-0.1, -0.05) is 97.1 Å². The predicted octanol–water partition coefficient (Wildman–Crippen LogP) is 20.0. The van der Waals surface area contributed by atoms with E-state index in [1.807, 2.05) is 129 Å². The number of thiophene rings is 1. The fraction of sp³-hybridized carbons (Fsp3) is 0.250. The highest BCUT2D eigenvalue weighted by Gasteiger charge is 2.55. The number of carboxylic acids is 1. The summed E-state index contributed by atoms with van der Waals surface area (Å²) < 4.78 is 90.3. The van der Waals surface area contributed by atoms with Crippen LogP contribution in [-0.2, 0) is 58.3 Å². The molecule has 1 saturated heterocycles. The molecule has 28 heteroatoms. The van der Waals surface area contributed by atoms with E-state index in [0.717, 1.165) is 148 Å². The molecule has 0 bridgehead atoms. The number of pyridine rings is 1. The molecular formula is C100H103F3N7O16S2-. The van der Waals surface area contributed by atoms with Gasteiger partial charge in [-0.05, 0) is 325 Å². The number of hydrogen-bond acceptors (Lipinski definition) is 18. The Morgan fingerprint density at radius 1 is 0.531 bits per heavy atom. The number of aliphatic hydroxyl groups excluding tert-OH is 1. The first kappa shape index (κ1) is 87.9. The number of nitrogens with one attached hydrogen (secondary N) is 5. The largest absolute Gasteiger partial charge is 0.768 e. The maximum atomic E-state index is 13.3. The lowest BCUT2D eigenvalue weighted by molar-refractivity contribution is -0.274. The molecule has 1 unspecified atom stereocenters. The molecule has 4 aliphatic heterocycles. The number of alkyl halides is 3. The first-order valence-electron chi connectivity index (χ1n) is 42.0. The number of rotatable bonds is 21. The standard InChI is InChI=1S/C26H23NO4.C24H21N3O4.C23H18F3NO4S.C22H19NO3S.C5H11NO.6H2/c1-16-5-7-21(15-22(16)17-3-2-4-19(13-17)24(28)29)27-25(30)26(10-11-26)20-6-8-23-18(14-20)9-12-31-23;1-14-2-4-17(12-18(14)15-6-9-26-19(10-15)22(25)28)27-23(29)24(7-8-24)16-3-5-20-21(11-16)31-13-30-20;24-23(25,26)31-19-8-6-17(7-9-19)22(12-13-22)21(28)27-18-3-1-2-16(14-18)15-4-10-20(11-5-15)32(29)30;1-14-4-6-16(12-17(14)20-3-2-10-27-20)23-21(24)22(8-9-22)15-5-7-18-19(11-15)26-13-25-18;7-4-5-2-1-3-6-5;;;;;;/h2-8,13-15H,9-12H2,1H3,(H,27,30)(H,28,29);2-6,9-12H,7-8,13H2,1H3,(H2,25,28)(H,27,29);1-11,14H,12-13H2,(H,27,28)(H,29,30);2-7,10-12H,8-9,13H2,1H3,(H,23,24);5-7H,1-4H2;6*1H/p-1/t;;;;5-;;;;;;/m....1....../s1. The molecule has 10 aromatic carbocycles. The van der Waals surface area contributed by atoms with Crippen molar-refractivity contribution in [3.63, 3.8) is 0 Å².